The number of nitrogens with one attached hydrogen (secondary N) is 1. The van der Waals surface area contributed by atoms with Crippen LogP contribution < -0.4 is 5.32 Å². The molecule has 0 atom stereocenters. The maximum atomic E-state index is 8.76. The second-order valence-corrected chi connectivity index (χ2v) is 5.27. The van der Waals surface area contributed by atoms with Crippen molar-refractivity contribution in [2.45, 2.75) is 38.3 Å². The second kappa shape index (κ2) is 5.79. The smallest absolute Gasteiger partial charge is 0.0991 e. The van der Waals surface area contributed by atoms with Gasteiger partial charge in [-0.1, -0.05) is 12.8 Å². The van der Waals surface area contributed by atoms with Gasteiger partial charge in [-0.25, -0.2) is 0 Å². The van der Waals surface area contributed by atoms with Crippen LogP contribution in [0.2, 0.25) is 0 Å². The summed E-state index contributed by atoms with van der Waals surface area (Å²) in [4.78, 5) is 0. The van der Waals surface area contributed by atoms with E-state index in [9.17, 15) is 0 Å². The quantitative estimate of drug-likeness (QED) is 0.921. The lowest BCUT2D eigenvalue weighted by atomic mass is 10.2. The van der Waals surface area contributed by atoms with Gasteiger partial charge in [-0.15, -0.1) is 0 Å². The number of anilines is 1. The summed E-state index contributed by atoms with van der Waals surface area (Å²) in [6.45, 7) is 0.714. The maximum absolute atomic E-state index is 8.76. The molecule has 20 heavy (non-hydrogen) atoms. The molecule has 0 unspecified atom stereocenters. The summed E-state index contributed by atoms with van der Waals surface area (Å²) in [5.41, 5.74) is 2.75. The van der Waals surface area contributed by atoms with E-state index in [-0.39, 0.29) is 0 Å². The van der Waals surface area contributed by atoms with Crippen LogP contribution in [0.4, 0.5) is 5.69 Å². The molecule has 1 aromatic carbocycles. The van der Waals surface area contributed by atoms with E-state index in [4.69, 9.17) is 5.26 Å². The average Bonchev–Trinajstić information content (AvgIpc) is 3.16. The van der Waals surface area contributed by atoms with Gasteiger partial charge in [-0.05, 0) is 43.2 Å². The van der Waals surface area contributed by atoms with Gasteiger partial charge >= 0.3 is 0 Å². The lowest BCUT2D eigenvalue weighted by Crippen LogP contribution is -2.07. The Morgan fingerprint density at radius 2 is 1.95 bits per heavy atom. The molecule has 1 aromatic heterocycles. The molecule has 102 valence electrons. The van der Waals surface area contributed by atoms with Crippen molar-refractivity contribution in [1.29, 1.82) is 5.26 Å². The summed E-state index contributed by atoms with van der Waals surface area (Å²) in [5.74, 6) is 0. The van der Waals surface area contributed by atoms with Crippen molar-refractivity contribution in [2.24, 2.45) is 0 Å². The predicted molar refractivity (Wildman–Crippen MR) is 78.2 cm³/mol. The standard InChI is InChI=1S/C16H18N4/c17-11-13-5-7-14(8-6-13)18-12-15-9-10-20(19-15)16-3-1-2-4-16/h5-10,16,18H,1-4,12H2. The highest BCUT2D eigenvalue weighted by Crippen LogP contribution is 2.28. The third-order valence-corrected chi connectivity index (χ3v) is 3.85. The fourth-order valence-electron chi connectivity index (χ4n) is 2.70. The molecule has 3 rings (SSSR count). The van der Waals surface area contributed by atoms with Crippen LogP contribution in [0.15, 0.2) is 36.5 Å². The van der Waals surface area contributed by atoms with Crippen LogP contribution in [0.3, 0.4) is 0 Å². The van der Waals surface area contributed by atoms with E-state index in [1.165, 1.54) is 25.7 Å². The third kappa shape index (κ3) is 2.83. The summed E-state index contributed by atoms with van der Waals surface area (Å²) in [7, 11) is 0. The zero-order valence-corrected chi connectivity index (χ0v) is 11.4. The second-order valence-electron chi connectivity index (χ2n) is 5.27. The van der Waals surface area contributed by atoms with E-state index in [1.54, 1.807) is 0 Å². The molecule has 1 fully saturated rings. The number of benzene rings is 1. The average molecular weight is 266 g/mol. The summed E-state index contributed by atoms with van der Waals surface area (Å²) >= 11 is 0. The van der Waals surface area contributed by atoms with Gasteiger partial charge in [-0.3, -0.25) is 4.68 Å². The van der Waals surface area contributed by atoms with E-state index < -0.39 is 0 Å². The summed E-state index contributed by atoms with van der Waals surface area (Å²) in [5, 5.41) is 16.7. The van der Waals surface area contributed by atoms with Crippen LogP contribution in [0.1, 0.15) is 43.0 Å². The van der Waals surface area contributed by atoms with E-state index in [0.717, 1.165) is 11.4 Å². The lowest BCUT2D eigenvalue weighted by molar-refractivity contribution is 0.463. The van der Waals surface area contributed by atoms with Crippen LogP contribution in [0, 0.1) is 11.3 Å². The Morgan fingerprint density at radius 1 is 1.20 bits per heavy atom. The van der Waals surface area contributed by atoms with Crippen molar-refractivity contribution < 1.29 is 0 Å². The summed E-state index contributed by atoms with van der Waals surface area (Å²) in [6, 6.07) is 12.3. The molecule has 0 bridgehead atoms. The molecule has 0 radical (unpaired) electrons. The maximum Gasteiger partial charge on any atom is 0.0991 e. The number of hydrogen-bond acceptors (Lipinski definition) is 3. The molecule has 0 amide bonds. The Labute approximate surface area is 119 Å². The van der Waals surface area contributed by atoms with Crippen LogP contribution in [-0.4, -0.2) is 9.78 Å². The van der Waals surface area contributed by atoms with E-state index in [0.29, 0.717) is 18.2 Å². The monoisotopic (exact) mass is 266 g/mol. The minimum atomic E-state index is 0.596. The van der Waals surface area contributed by atoms with Crippen molar-refractivity contribution in [3.8, 4) is 6.07 Å². The van der Waals surface area contributed by atoms with Gasteiger partial charge in [0.05, 0.1) is 29.9 Å². The number of hydrogen-bond donors (Lipinski definition) is 1. The van der Waals surface area contributed by atoms with Gasteiger partial charge in [0.1, 0.15) is 0 Å². The first-order valence-corrected chi connectivity index (χ1v) is 7.13. The van der Waals surface area contributed by atoms with Gasteiger partial charge in [0.15, 0.2) is 0 Å². The first kappa shape index (κ1) is 12.7. The summed E-state index contributed by atoms with van der Waals surface area (Å²) < 4.78 is 2.11. The lowest BCUT2D eigenvalue weighted by Gasteiger charge is -2.09. The molecule has 4 heteroatoms. The molecule has 4 nitrogen and oxygen atoms in total. The molecule has 0 spiro atoms. The largest absolute Gasteiger partial charge is 0.379 e. The van der Waals surface area contributed by atoms with Gasteiger partial charge < -0.3 is 5.32 Å². The summed E-state index contributed by atoms with van der Waals surface area (Å²) in [6.07, 6.45) is 7.24. The first-order chi connectivity index (χ1) is 9.85. The molecular weight excluding hydrogens is 248 g/mol. The zero-order valence-electron chi connectivity index (χ0n) is 11.4. The van der Waals surface area contributed by atoms with Crippen molar-refractivity contribution in [3.05, 3.63) is 47.8 Å². The molecule has 1 heterocycles. The third-order valence-electron chi connectivity index (χ3n) is 3.85. The Balaban J connectivity index is 1.59. The molecule has 0 aliphatic heterocycles. The minimum Gasteiger partial charge on any atom is -0.379 e. The van der Waals surface area contributed by atoms with E-state index in [2.05, 4.69) is 33.4 Å². The molecule has 0 saturated heterocycles. The van der Waals surface area contributed by atoms with Gasteiger partial charge in [-0.2, -0.15) is 10.4 Å². The van der Waals surface area contributed by atoms with Crippen LogP contribution in [-0.2, 0) is 6.54 Å². The Hall–Kier alpha value is -2.28. The fourth-order valence-corrected chi connectivity index (χ4v) is 2.70. The van der Waals surface area contributed by atoms with Crippen molar-refractivity contribution in [2.75, 3.05) is 5.32 Å². The number of rotatable bonds is 4. The molecular formula is C16H18N4. The van der Waals surface area contributed by atoms with Crippen molar-refractivity contribution >= 4 is 5.69 Å². The van der Waals surface area contributed by atoms with E-state index in [1.807, 2.05) is 24.3 Å². The van der Waals surface area contributed by atoms with Gasteiger partial charge in [0, 0.05) is 11.9 Å². The van der Waals surface area contributed by atoms with Crippen LogP contribution in [0.25, 0.3) is 0 Å². The predicted octanol–water partition coefficient (Wildman–Crippen LogP) is 3.48. The zero-order chi connectivity index (χ0) is 13.8. The van der Waals surface area contributed by atoms with Gasteiger partial charge in [0.25, 0.3) is 0 Å². The Morgan fingerprint density at radius 3 is 2.65 bits per heavy atom. The molecule has 2 aromatic rings. The highest BCUT2D eigenvalue weighted by Gasteiger charge is 2.17. The first-order valence-electron chi connectivity index (χ1n) is 7.13. The number of aromatic nitrogens is 2. The number of nitrogens with zero attached hydrogens (tertiary/aromatic N) is 3. The Kier molecular flexibility index (Phi) is 3.69. The highest BCUT2D eigenvalue weighted by atomic mass is 15.3. The van der Waals surface area contributed by atoms with Crippen molar-refractivity contribution in [1.82, 2.24) is 9.78 Å². The normalized spacial score (nSPS) is 15.2. The van der Waals surface area contributed by atoms with E-state index >= 15 is 0 Å². The van der Waals surface area contributed by atoms with Gasteiger partial charge in [0.2, 0.25) is 0 Å². The Bertz CT molecular complexity index is 600. The SMILES string of the molecule is N#Cc1ccc(NCc2ccn(C3CCCC3)n2)cc1. The highest BCUT2D eigenvalue weighted by molar-refractivity contribution is 5.47. The molecule has 1 aliphatic rings. The topological polar surface area (TPSA) is 53.6 Å². The van der Waals surface area contributed by atoms with Crippen LogP contribution >= 0.6 is 0 Å². The van der Waals surface area contributed by atoms with Crippen molar-refractivity contribution in [3.63, 3.8) is 0 Å². The fraction of sp³-hybridized carbons (Fsp3) is 0.375. The minimum absolute atomic E-state index is 0.596. The molecule has 1 N–H and O–H groups in total. The molecule has 1 aliphatic carbocycles. The van der Waals surface area contributed by atoms with Crippen LogP contribution in [0.5, 0.6) is 0 Å². The number of nitriles is 1. The molecule has 1 saturated carbocycles.